The zero-order valence-corrected chi connectivity index (χ0v) is 13.0. The number of nitrogens with one attached hydrogen (secondary N) is 1. The monoisotopic (exact) mass is 311 g/mol. The summed E-state index contributed by atoms with van der Waals surface area (Å²) in [6.07, 6.45) is 4.83. The highest BCUT2D eigenvalue weighted by Gasteiger charge is 2.22. The van der Waals surface area contributed by atoms with Crippen LogP contribution in [0.3, 0.4) is 0 Å². The van der Waals surface area contributed by atoms with Gasteiger partial charge in [-0.25, -0.2) is 9.78 Å². The smallest absolute Gasteiger partial charge is 0.374 e. The lowest BCUT2D eigenvalue weighted by molar-refractivity contribution is 0.0491. The van der Waals surface area contributed by atoms with Crippen molar-refractivity contribution in [3.8, 4) is 0 Å². The largest absolute Gasteiger partial charge is 0.460 e. The van der Waals surface area contributed by atoms with E-state index < -0.39 is 5.97 Å². The molecule has 6 nitrogen and oxygen atoms in total. The minimum Gasteiger partial charge on any atom is -0.460 e. The van der Waals surface area contributed by atoms with Gasteiger partial charge in [0.25, 0.3) is 0 Å². The second-order valence-electron chi connectivity index (χ2n) is 5.03. The molecule has 0 radical (unpaired) electrons. The molecule has 0 aliphatic carbocycles. The van der Waals surface area contributed by atoms with Crippen LogP contribution in [-0.4, -0.2) is 22.5 Å². The minimum atomic E-state index is -0.459. The number of fused-ring (bicyclic) bond motifs is 1. The molecule has 1 N–H and O–H groups in total. The number of hydrogen-bond acceptors (Lipinski definition) is 6. The Morgan fingerprint density at radius 1 is 1.35 bits per heavy atom. The summed E-state index contributed by atoms with van der Waals surface area (Å²) in [7, 11) is 0. The molecular formula is C17H17N3O3. The van der Waals surface area contributed by atoms with Gasteiger partial charge in [0, 0.05) is 29.9 Å². The standard InChI is InChI=1S/C17H17N3O3/c1-3-22-17(21)16-13(9-20-14-10-18-7-8-19-14)12-6-4-5-11(2)15(12)23-16/h4-8,10H,3,9H2,1-2H3,(H,19,20). The fraction of sp³-hybridized carbons (Fsp3) is 0.235. The number of anilines is 1. The average Bonchev–Trinajstić information content (AvgIpc) is 2.94. The molecule has 0 saturated heterocycles. The molecule has 0 atom stereocenters. The lowest BCUT2D eigenvalue weighted by Gasteiger charge is -2.05. The minimum absolute atomic E-state index is 0.229. The van der Waals surface area contributed by atoms with Gasteiger partial charge in [-0.1, -0.05) is 18.2 Å². The van der Waals surface area contributed by atoms with Gasteiger partial charge in [0.1, 0.15) is 11.4 Å². The first-order valence-corrected chi connectivity index (χ1v) is 7.38. The number of para-hydroxylation sites is 1. The van der Waals surface area contributed by atoms with Crippen LogP contribution in [0.2, 0.25) is 0 Å². The first-order chi connectivity index (χ1) is 11.2. The summed E-state index contributed by atoms with van der Waals surface area (Å²) in [6, 6.07) is 5.82. The summed E-state index contributed by atoms with van der Waals surface area (Å²) in [4.78, 5) is 20.4. The molecule has 2 heterocycles. The molecule has 118 valence electrons. The fourth-order valence-corrected chi connectivity index (χ4v) is 2.42. The van der Waals surface area contributed by atoms with Crippen molar-refractivity contribution in [2.75, 3.05) is 11.9 Å². The zero-order chi connectivity index (χ0) is 16.2. The number of ether oxygens (including phenoxy) is 1. The number of furan rings is 1. The summed E-state index contributed by atoms with van der Waals surface area (Å²) < 4.78 is 10.9. The number of aryl methyl sites for hydroxylation is 1. The number of carbonyl (C=O) groups is 1. The van der Waals surface area contributed by atoms with Crippen LogP contribution in [0.25, 0.3) is 11.0 Å². The van der Waals surface area contributed by atoms with Crippen molar-refractivity contribution < 1.29 is 13.9 Å². The van der Waals surface area contributed by atoms with Crippen LogP contribution in [0, 0.1) is 6.92 Å². The van der Waals surface area contributed by atoms with Crippen molar-refractivity contribution in [3.63, 3.8) is 0 Å². The van der Waals surface area contributed by atoms with Gasteiger partial charge in [-0.2, -0.15) is 0 Å². The van der Waals surface area contributed by atoms with Crippen molar-refractivity contribution in [1.29, 1.82) is 0 Å². The molecule has 0 spiro atoms. The Morgan fingerprint density at radius 2 is 2.22 bits per heavy atom. The summed E-state index contributed by atoms with van der Waals surface area (Å²) in [5, 5.41) is 4.05. The lowest BCUT2D eigenvalue weighted by Crippen LogP contribution is -2.09. The van der Waals surface area contributed by atoms with Crippen LogP contribution < -0.4 is 5.32 Å². The third kappa shape index (κ3) is 3.01. The Kier molecular flexibility index (Phi) is 4.23. The number of benzene rings is 1. The van der Waals surface area contributed by atoms with Crippen LogP contribution in [0.5, 0.6) is 0 Å². The number of esters is 1. The first-order valence-electron chi connectivity index (χ1n) is 7.38. The number of hydrogen-bond donors (Lipinski definition) is 1. The molecule has 0 aliphatic heterocycles. The summed E-state index contributed by atoms with van der Waals surface area (Å²) in [5.41, 5.74) is 2.43. The number of carbonyl (C=O) groups excluding carboxylic acids is 1. The molecular weight excluding hydrogens is 294 g/mol. The molecule has 3 aromatic rings. The molecule has 0 saturated carbocycles. The molecule has 6 heteroatoms. The molecule has 0 aliphatic rings. The number of rotatable bonds is 5. The van der Waals surface area contributed by atoms with Crippen LogP contribution in [0.4, 0.5) is 5.82 Å². The Hall–Kier alpha value is -2.89. The van der Waals surface area contributed by atoms with E-state index in [-0.39, 0.29) is 5.76 Å². The van der Waals surface area contributed by atoms with Crippen LogP contribution >= 0.6 is 0 Å². The van der Waals surface area contributed by atoms with E-state index in [4.69, 9.17) is 9.15 Å². The SMILES string of the molecule is CCOC(=O)c1oc2c(C)cccc2c1CNc1cnccn1. The first kappa shape index (κ1) is 15.0. The van der Waals surface area contributed by atoms with E-state index in [9.17, 15) is 4.79 Å². The van der Waals surface area contributed by atoms with Crippen molar-refractivity contribution in [1.82, 2.24) is 9.97 Å². The lowest BCUT2D eigenvalue weighted by atomic mass is 10.1. The molecule has 2 aromatic heterocycles. The van der Waals surface area contributed by atoms with Gasteiger partial charge < -0.3 is 14.5 Å². The summed E-state index contributed by atoms with van der Waals surface area (Å²) in [5.74, 6) is 0.399. The van der Waals surface area contributed by atoms with Gasteiger partial charge >= 0.3 is 5.97 Å². The van der Waals surface area contributed by atoms with Crippen molar-refractivity contribution in [2.45, 2.75) is 20.4 Å². The molecule has 0 bridgehead atoms. The molecule has 23 heavy (non-hydrogen) atoms. The van der Waals surface area contributed by atoms with E-state index in [0.717, 1.165) is 16.5 Å². The Labute approximate surface area is 133 Å². The average molecular weight is 311 g/mol. The highest BCUT2D eigenvalue weighted by Crippen LogP contribution is 2.29. The maximum absolute atomic E-state index is 12.2. The van der Waals surface area contributed by atoms with Crippen molar-refractivity contribution >= 4 is 22.8 Å². The zero-order valence-electron chi connectivity index (χ0n) is 13.0. The molecule has 0 fully saturated rings. The summed E-state index contributed by atoms with van der Waals surface area (Å²) >= 11 is 0. The topological polar surface area (TPSA) is 77.2 Å². The maximum Gasteiger partial charge on any atom is 0.374 e. The number of aromatic nitrogens is 2. The molecule has 0 amide bonds. The van der Waals surface area contributed by atoms with E-state index in [1.54, 1.807) is 25.5 Å². The van der Waals surface area contributed by atoms with Crippen LogP contribution in [0.15, 0.2) is 41.2 Å². The molecule has 0 unspecified atom stereocenters. The van der Waals surface area contributed by atoms with Crippen LogP contribution in [0.1, 0.15) is 28.6 Å². The third-order valence-electron chi connectivity index (χ3n) is 3.49. The van der Waals surface area contributed by atoms with Crippen LogP contribution in [-0.2, 0) is 11.3 Å². The van der Waals surface area contributed by atoms with Crippen molar-refractivity contribution in [3.05, 3.63) is 53.7 Å². The second-order valence-corrected chi connectivity index (χ2v) is 5.03. The fourth-order valence-electron chi connectivity index (χ4n) is 2.42. The van der Waals surface area contributed by atoms with E-state index in [1.807, 2.05) is 25.1 Å². The Bertz CT molecular complexity index is 828. The highest BCUT2D eigenvalue weighted by atomic mass is 16.5. The van der Waals surface area contributed by atoms with Gasteiger partial charge in [-0.05, 0) is 19.4 Å². The van der Waals surface area contributed by atoms with Gasteiger partial charge in [0.05, 0.1) is 12.8 Å². The Morgan fingerprint density at radius 3 is 2.96 bits per heavy atom. The van der Waals surface area contributed by atoms with E-state index in [0.29, 0.717) is 24.6 Å². The molecule has 1 aromatic carbocycles. The normalized spacial score (nSPS) is 10.7. The van der Waals surface area contributed by atoms with Gasteiger partial charge in [0.15, 0.2) is 0 Å². The predicted molar refractivity (Wildman–Crippen MR) is 86.3 cm³/mol. The number of nitrogens with zero attached hydrogens (tertiary/aromatic N) is 2. The Balaban J connectivity index is 2.00. The van der Waals surface area contributed by atoms with Gasteiger partial charge in [-0.3, -0.25) is 4.98 Å². The second kappa shape index (κ2) is 6.48. The predicted octanol–water partition coefficient (Wildman–Crippen LogP) is 3.32. The van der Waals surface area contributed by atoms with E-state index in [1.165, 1.54) is 0 Å². The third-order valence-corrected chi connectivity index (χ3v) is 3.49. The van der Waals surface area contributed by atoms with E-state index >= 15 is 0 Å². The van der Waals surface area contributed by atoms with Crippen molar-refractivity contribution in [2.24, 2.45) is 0 Å². The summed E-state index contributed by atoms with van der Waals surface area (Å²) in [6.45, 7) is 4.40. The maximum atomic E-state index is 12.2. The molecule has 3 rings (SSSR count). The van der Waals surface area contributed by atoms with Gasteiger partial charge in [0.2, 0.25) is 5.76 Å². The quantitative estimate of drug-likeness (QED) is 0.728. The highest BCUT2D eigenvalue weighted by molar-refractivity contribution is 5.97. The van der Waals surface area contributed by atoms with Gasteiger partial charge in [-0.15, -0.1) is 0 Å². The van der Waals surface area contributed by atoms with E-state index in [2.05, 4.69) is 15.3 Å².